The van der Waals surface area contributed by atoms with Crippen molar-refractivity contribution in [2.24, 2.45) is 0 Å². The SMILES string of the molecule is C[C@H](NS(=O)(=O)c1ccccc1F)C(=O)Nc1nnc(-c2ccsc2)s1. The second-order valence-corrected chi connectivity index (χ2v) is 8.63. The molecule has 0 radical (unpaired) electrons. The molecule has 11 heteroatoms. The zero-order valence-electron chi connectivity index (χ0n) is 13.3. The number of hydrogen-bond acceptors (Lipinski definition) is 7. The van der Waals surface area contributed by atoms with Gasteiger partial charge in [-0.05, 0) is 30.5 Å². The Hall–Kier alpha value is -2.21. The second-order valence-electron chi connectivity index (χ2n) is 5.19. The van der Waals surface area contributed by atoms with E-state index in [-0.39, 0.29) is 5.13 Å². The first-order valence-corrected chi connectivity index (χ1v) is 10.5. The molecule has 0 aliphatic carbocycles. The predicted molar refractivity (Wildman–Crippen MR) is 98.0 cm³/mol. The van der Waals surface area contributed by atoms with E-state index in [1.807, 2.05) is 16.8 Å². The van der Waals surface area contributed by atoms with Crippen molar-refractivity contribution in [3.63, 3.8) is 0 Å². The van der Waals surface area contributed by atoms with E-state index in [2.05, 4.69) is 20.2 Å². The molecular formula is C15H13FN4O3S3. The fourth-order valence-corrected chi connectivity index (χ4v) is 4.74. The monoisotopic (exact) mass is 412 g/mol. The summed E-state index contributed by atoms with van der Waals surface area (Å²) in [6.07, 6.45) is 0. The summed E-state index contributed by atoms with van der Waals surface area (Å²) < 4.78 is 40.3. The van der Waals surface area contributed by atoms with Gasteiger partial charge in [-0.3, -0.25) is 10.1 Å². The number of anilines is 1. The van der Waals surface area contributed by atoms with E-state index in [0.717, 1.165) is 17.7 Å². The van der Waals surface area contributed by atoms with Crippen molar-refractivity contribution in [1.29, 1.82) is 0 Å². The lowest BCUT2D eigenvalue weighted by Gasteiger charge is -2.13. The van der Waals surface area contributed by atoms with Gasteiger partial charge >= 0.3 is 0 Å². The molecule has 1 amide bonds. The molecule has 3 aromatic rings. The van der Waals surface area contributed by atoms with Crippen molar-refractivity contribution >= 4 is 43.7 Å². The van der Waals surface area contributed by atoms with Crippen LogP contribution in [0.5, 0.6) is 0 Å². The number of amides is 1. The number of halogens is 1. The molecule has 1 aromatic carbocycles. The van der Waals surface area contributed by atoms with Gasteiger partial charge in [0.05, 0.1) is 6.04 Å². The van der Waals surface area contributed by atoms with Crippen LogP contribution >= 0.6 is 22.7 Å². The van der Waals surface area contributed by atoms with E-state index in [1.165, 1.54) is 41.7 Å². The van der Waals surface area contributed by atoms with Gasteiger partial charge in [0.25, 0.3) is 0 Å². The smallest absolute Gasteiger partial charge is 0.244 e. The van der Waals surface area contributed by atoms with Crippen molar-refractivity contribution in [3.05, 3.63) is 46.9 Å². The first kappa shape index (κ1) is 18.6. The van der Waals surface area contributed by atoms with Crippen LogP contribution in [0.1, 0.15) is 6.92 Å². The molecule has 0 aliphatic heterocycles. The van der Waals surface area contributed by atoms with Crippen LogP contribution in [0.15, 0.2) is 46.0 Å². The van der Waals surface area contributed by atoms with Crippen LogP contribution in [0.4, 0.5) is 9.52 Å². The van der Waals surface area contributed by atoms with Crippen LogP contribution in [0.2, 0.25) is 0 Å². The number of sulfonamides is 1. The highest BCUT2D eigenvalue weighted by Crippen LogP contribution is 2.27. The maximum atomic E-state index is 13.7. The molecule has 2 heterocycles. The lowest BCUT2D eigenvalue weighted by Crippen LogP contribution is -2.41. The average molecular weight is 412 g/mol. The van der Waals surface area contributed by atoms with Gasteiger partial charge in [-0.25, -0.2) is 12.8 Å². The molecule has 26 heavy (non-hydrogen) atoms. The molecule has 0 saturated heterocycles. The molecule has 0 unspecified atom stereocenters. The number of nitrogens with zero attached hydrogens (tertiary/aromatic N) is 2. The number of hydrogen-bond donors (Lipinski definition) is 2. The number of thiophene rings is 1. The minimum Gasteiger partial charge on any atom is -0.299 e. The average Bonchev–Trinajstić information content (AvgIpc) is 3.25. The van der Waals surface area contributed by atoms with Crippen molar-refractivity contribution in [1.82, 2.24) is 14.9 Å². The molecular weight excluding hydrogens is 399 g/mol. The summed E-state index contributed by atoms with van der Waals surface area (Å²) in [5.41, 5.74) is 0.890. The lowest BCUT2D eigenvalue weighted by atomic mass is 10.3. The highest BCUT2D eigenvalue weighted by molar-refractivity contribution is 7.89. The molecule has 136 valence electrons. The van der Waals surface area contributed by atoms with Gasteiger partial charge in [-0.1, -0.05) is 23.5 Å². The first-order valence-electron chi connectivity index (χ1n) is 7.30. The van der Waals surface area contributed by atoms with E-state index in [9.17, 15) is 17.6 Å². The molecule has 1 atom stereocenters. The van der Waals surface area contributed by atoms with Crippen LogP contribution in [-0.4, -0.2) is 30.6 Å². The number of carbonyl (C=O) groups is 1. The molecule has 0 aliphatic rings. The third-order valence-electron chi connectivity index (χ3n) is 3.27. The molecule has 0 bridgehead atoms. The maximum absolute atomic E-state index is 13.7. The Kier molecular flexibility index (Phi) is 5.41. The largest absolute Gasteiger partial charge is 0.299 e. The van der Waals surface area contributed by atoms with Crippen LogP contribution in [0.25, 0.3) is 10.6 Å². The minimum absolute atomic E-state index is 0.244. The number of benzene rings is 1. The van der Waals surface area contributed by atoms with E-state index in [1.54, 1.807) is 0 Å². The Morgan fingerprint density at radius 2 is 2.00 bits per heavy atom. The van der Waals surface area contributed by atoms with Gasteiger partial charge in [0.1, 0.15) is 15.7 Å². The van der Waals surface area contributed by atoms with Crippen molar-refractivity contribution in [3.8, 4) is 10.6 Å². The van der Waals surface area contributed by atoms with Crippen LogP contribution in [0, 0.1) is 5.82 Å². The van der Waals surface area contributed by atoms with Crippen molar-refractivity contribution in [2.45, 2.75) is 17.9 Å². The molecule has 0 saturated carbocycles. The van der Waals surface area contributed by atoms with E-state index >= 15 is 0 Å². The number of nitrogens with one attached hydrogen (secondary N) is 2. The summed E-state index contributed by atoms with van der Waals surface area (Å²) in [5.74, 6) is -1.52. The summed E-state index contributed by atoms with van der Waals surface area (Å²) in [7, 11) is -4.17. The van der Waals surface area contributed by atoms with Gasteiger partial charge in [0.15, 0.2) is 0 Å². The quantitative estimate of drug-likeness (QED) is 0.648. The Labute approximate surface area is 157 Å². The Morgan fingerprint density at radius 3 is 2.69 bits per heavy atom. The van der Waals surface area contributed by atoms with E-state index < -0.39 is 32.7 Å². The standard InChI is InChI=1S/C15H13FN4O3S3/c1-9(20-26(22,23)12-5-3-2-4-11(12)16)13(21)17-15-19-18-14(25-15)10-6-7-24-8-10/h2-9,20H,1H3,(H,17,19,21)/t9-/m0/s1. The fourth-order valence-electron chi connectivity index (χ4n) is 2.00. The topological polar surface area (TPSA) is 101 Å². The number of rotatable bonds is 6. The summed E-state index contributed by atoms with van der Waals surface area (Å²) >= 11 is 2.68. The maximum Gasteiger partial charge on any atom is 0.244 e. The highest BCUT2D eigenvalue weighted by Gasteiger charge is 2.25. The zero-order valence-corrected chi connectivity index (χ0v) is 15.8. The molecule has 0 fully saturated rings. The Balaban J connectivity index is 1.68. The lowest BCUT2D eigenvalue weighted by molar-refractivity contribution is -0.117. The van der Waals surface area contributed by atoms with E-state index in [0.29, 0.717) is 5.01 Å². The summed E-state index contributed by atoms with van der Waals surface area (Å²) in [6, 6.07) is 5.68. The van der Waals surface area contributed by atoms with Gasteiger partial charge < -0.3 is 0 Å². The normalized spacial score (nSPS) is 12.7. The van der Waals surface area contributed by atoms with Gasteiger partial charge in [-0.2, -0.15) is 16.1 Å². The third-order valence-corrected chi connectivity index (χ3v) is 6.42. The fraction of sp³-hybridized carbons (Fsp3) is 0.133. The minimum atomic E-state index is -4.17. The number of carbonyl (C=O) groups excluding carboxylic acids is 1. The second kappa shape index (κ2) is 7.58. The van der Waals surface area contributed by atoms with Crippen LogP contribution in [-0.2, 0) is 14.8 Å². The summed E-state index contributed by atoms with van der Waals surface area (Å²) in [4.78, 5) is 11.7. The Bertz CT molecular complexity index is 1020. The van der Waals surface area contributed by atoms with Gasteiger partial charge in [0.2, 0.25) is 21.1 Å². The van der Waals surface area contributed by atoms with Crippen molar-refractivity contribution < 1.29 is 17.6 Å². The van der Waals surface area contributed by atoms with Crippen molar-refractivity contribution in [2.75, 3.05) is 5.32 Å². The Morgan fingerprint density at radius 1 is 1.23 bits per heavy atom. The molecule has 0 spiro atoms. The van der Waals surface area contributed by atoms with E-state index in [4.69, 9.17) is 0 Å². The van der Waals surface area contributed by atoms with Crippen LogP contribution < -0.4 is 10.0 Å². The molecule has 3 rings (SSSR count). The molecule has 2 aromatic heterocycles. The zero-order chi connectivity index (χ0) is 18.7. The summed E-state index contributed by atoms with van der Waals surface area (Å²) in [5, 5.41) is 15.0. The van der Waals surface area contributed by atoms with Gasteiger partial charge in [-0.15, -0.1) is 10.2 Å². The first-order chi connectivity index (χ1) is 12.4. The molecule has 2 N–H and O–H groups in total. The predicted octanol–water partition coefficient (Wildman–Crippen LogP) is 2.71. The third kappa shape index (κ3) is 4.12. The number of aromatic nitrogens is 2. The van der Waals surface area contributed by atoms with Gasteiger partial charge in [0, 0.05) is 10.9 Å². The summed E-state index contributed by atoms with van der Waals surface area (Å²) in [6.45, 7) is 1.36. The van der Waals surface area contributed by atoms with Crippen LogP contribution in [0.3, 0.4) is 0 Å². The molecule has 7 nitrogen and oxygen atoms in total. The highest BCUT2D eigenvalue weighted by atomic mass is 32.2.